The van der Waals surface area contributed by atoms with Crippen molar-refractivity contribution >= 4 is 25.8 Å². The van der Waals surface area contributed by atoms with Crippen LogP contribution in [0.1, 0.15) is 0 Å². The number of aromatic nitrogens is 6. The minimum Gasteiger partial charge on any atom is -0.384 e. The van der Waals surface area contributed by atoms with Crippen LogP contribution in [0.3, 0.4) is 0 Å². The molecule has 0 spiro atoms. The number of aromatic amines is 1. The van der Waals surface area contributed by atoms with E-state index < -0.39 is 59.1 Å². The molecule has 0 atom stereocenters. The van der Waals surface area contributed by atoms with Gasteiger partial charge in [-0.15, -0.1) is 10.2 Å². The highest BCUT2D eigenvalue weighted by molar-refractivity contribution is 7.93. The third kappa shape index (κ3) is 5.16. The Hall–Kier alpha value is -3.55. The summed E-state index contributed by atoms with van der Waals surface area (Å²) >= 11 is 0. The highest BCUT2D eigenvalue weighted by atomic mass is 32.2. The van der Waals surface area contributed by atoms with E-state index in [0.29, 0.717) is 0 Å². The summed E-state index contributed by atoms with van der Waals surface area (Å²) in [5, 5.41) is 18.1. The summed E-state index contributed by atoms with van der Waals surface area (Å²) < 4.78 is 91.4. The molecule has 0 aliphatic heterocycles. The van der Waals surface area contributed by atoms with Crippen molar-refractivity contribution in [3.63, 3.8) is 0 Å². The lowest BCUT2D eigenvalue weighted by molar-refractivity contribution is -0.190. The average Bonchev–Trinajstić information content (AvgIpc) is 3.26. The van der Waals surface area contributed by atoms with E-state index in [4.69, 9.17) is 10.9 Å². The molecule has 0 bridgehead atoms. The van der Waals surface area contributed by atoms with Gasteiger partial charge in [-0.1, -0.05) is 6.07 Å². The van der Waals surface area contributed by atoms with E-state index in [1.54, 1.807) is 0 Å². The number of esters is 1. The fourth-order valence-electron chi connectivity index (χ4n) is 2.74. The number of alkyl halides is 3. The van der Waals surface area contributed by atoms with Crippen LogP contribution in [0.15, 0.2) is 34.3 Å². The Bertz CT molecular complexity index is 1430. The van der Waals surface area contributed by atoms with Crippen LogP contribution >= 0.6 is 0 Å². The minimum atomic E-state index is -5.29. The fourth-order valence-corrected chi connectivity index (χ4v) is 5.49. The van der Waals surface area contributed by atoms with E-state index >= 15 is 0 Å². The summed E-state index contributed by atoms with van der Waals surface area (Å²) in [7, 11) is -8.98. The number of primary sulfonamides is 1. The van der Waals surface area contributed by atoms with Crippen LogP contribution in [-0.2, 0) is 24.7 Å². The lowest BCUT2D eigenvalue weighted by Crippen LogP contribution is -2.28. The van der Waals surface area contributed by atoms with E-state index in [0.717, 1.165) is 24.5 Å². The third-order valence-electron chi connectivity index (χ3n) is 4.05. The lowest BCUT2D eigenvalue weighted by atomic mass is 10.0. The largest absolute Gasteiger partial charge is 0.491 e. The number of halogens is 3. The van der Waals surface area contributed by atoms with Gasteiger partial charge in [-0.25, -0.2) is 36.7 Å². The SMILES string of the molecule is NCCS(=O)(=O)c1ccc(-c2cnc(OC(=O)C(F)(F)F)nc2)c(-c2nn[nH]n2)c1S(N)(=O)=O. The molecule has 5 N–H and O–H groups in total. The van der Waals surface area contributed by atoms with Gasteiger partial charge in [0.25, 0.3) is 0 Å². The monoisotopic (exact) mass is 522 g/mol. The third-order valence-corrected chi connectivity index (χ3v) is 6.96. The number of nitrogens with zero attached hydrogens (tertiary/aromatic N) is 5. The van der Waals surface area contributed by atoms with E-state index in [2.05, 4.69) is 35.3 Å². The number of H-pyrrole nitrogens is 1. The maximum Gasteiger partial charge on any atom is 0.491 e. The second-order valence-corrected chi connectivity index (χ2v) is 9.92. The smallest absolute Gasteiger partial charge is 0.384 e. The molecule has 0 aliphatic carbocycles. The number of nitrogens with one attached hydrogen (secondary N) is 1. The van der Waals surface area contributed by atoms with Crippen molar-refractivity contribution in [1.82, 2.24) is 30.6 Å². The quantitative estimate of drug-likeness (QED) is 0.323. The Morgan fingerprint density at radius 1 is 1.12 bits per heavy atom. The maximum atomic E-state index is 12.7. The van der Waals surface area contributed by atoms with Gasteiger partial charge >= 0.3 is 18.2 Å². The summed E-state index contributed by atoms with van der Waals surface area (Å²) in [5.41, 5.74) is 4.79. The number of tetrazole rings is 1. The summed E-state index contributed by atoms with van der Waals surface area (Å²) in [5.74, 6) is -3.54. The van der Waals surface area contributed by atoms with Gasteiger partial charge < -0.3 is 10.5 Å². The molecule has 0 amide bonds. The number of sulfonamides is 1. The molecule has 0 unspecified atom stereocenters. The molecule has 0 saturated carbocycles. The summed E-state index contributed by atoms with van der Waals surface area (Å²) in [4.78, 5) is 16.4. The molecule has 2 heterocycles. The van der Waals surface area contributed by atoms with Crippen LogP contribution in [0.2, 0.25) is 0 Å². The van der Waals surface area contributed by atoms with Gasteiger partial charge in [0.2, 0.25) is 15.8 Å². The number of rotatable bonds is 7. The Morgan fingerprint density at radius 3 is 2.26 bits per heavy atom. The highest BCUT2D eigenvalue weighted by Crippen LogP contribution is 2.38. The minimum absolute atomic E-state index is 0.0423. The Kier molecular flexibility index (Phi) is 6.64. The molecule has 1 aromatic carbocycles. The maximum absolute atomic E-state index is 12.7. The normalized spacial score (nSPS) is 12.5. The van der Waals surface area contributed by atoms with Gasteiger partial charge in [-0.05, 0) is 16.8 Å². The molecule has 2 aromatic heterocycles. The summed E-state index contributed by atoms with van der Waals surface area (Å²) in [6.45, 7) is -0.322. The van der Waals surface area contributed by atoms with Crippen molar-refractivity contribution < 1.29 is 39.5 Å². The average molecular weight is 522 g/mol. The number of ether oxygens (including phenoxy) is 1. The van der Waals surface area contributed by atoms with Crippen molar-refractivity contribution in [1.29, 1.82) is 0 Å². The molecule has 0 fully saturated rings. The van der Waals surface area contributed by atoms with Gasteiger partial charge in [0.1, 0.15) is 4.90 Å². The van der Waals surface area contributed by atoms with Gasteiger partial charge in [0.05, 0.1) is 16.2 Å². The molecule has 0 saturated heterocycles. The van der Waals surface area contributed by atoms with Gasteiger partial charge in [0, 0.05) is 24.5 Å². The summed E-state index contributed by atoms with van der Waals surface area (Å²) in [6.07, 6.45) is -3.50. The second kappa shape index (κ2) is 9.00. The number of hydrogen-bond acceptors (Lipinski definition) is 12. The van der Waals surface area contributed by atoms with E-state index in [1.165, 1.54) is 0 Å². The first-order chi connectivity index (χ1) is 15.8. The van der Waals surface area contributed by atoms with Crippen LogP contribution < -0.4 is 15.6 Å². The van der Waals surface area contributed by atoms with E-state index in [9.17, 15) is 34.8 Å². The van der Waals surface area contributed by atoms with Crippen LogP contribution in [0.4, 0.5) is 13.2 Å². The molecular weight excluding hydrogens is 509 g/mol. The number of sulfone groups is 1. The standard InChI is InChI=1S/C15H13F3N8O6S2/c16-15(17,18)13(27)32-14-21-5-7(6-22-14)8-1-2-9(33(28,29)4-3-19)11(34(20,30)31)10(8)12-23-25-26-24-12/h1-2,5-6H,3-4,19H2,(H2,20,30,31)(H,23,24,25,26). The zero-order chi connectivity index (χ0) is 25.3. The highest BCUT2D eigenvalue weighted by Gasteiger charge is 2.42. The Morgan fingerprint density at radius 2 is 1.76 bits per heavy atom. The lowest BCUT2D eigenvalue weighted by Gasteiger charge is -2.15. The molecule has 3 rings (SSSR count). The number of benzene rings is 1. The van der Waals surface area contributed by atoms with Gasteiger partial charge in [0.15, 0.2) is 9.84 Å². The first kappa shape index (κ1) is 25.1. The topological polar surface area (TPSA) is 227 Å². The number of hydrogen-bond donors (Lipinski definition) is 3. The summed E-state index contributed by atoms with van der Waals surface area (Å²) in [6, 6.07) is 1.16. The zero-order valence-electron chi connectivity index (χ0n) is 16.5. The van der Waals surface area contributed by atoms with Gasteiger partial charge in [-0.3, -0.25) is 0 Å². The fraction of sp³-hybridized carbons (Fsp3) is 0.200. The van der Waals surface area contributed by atoms with Gasteiger partial charge in [-0.2, -0.15) is 18.4 Å². The van der Waals surface area contributed by atoms with Crippen molar-refractivity contribution in [2.75, 3.05) is 12.3 Å². The van der Waals surface area contributed by atoms with Crippen LogP contribution in [0.5, 0.6) is 6.01 Å². The van der Waals surface area contributed by atoms with Crippen LogP contribution in [0, 0.1) is 0 Å². The predicted octanol–water partition coefficient (Wildman–Crippen LogP) is -0.829. The predicted molar refractivity (Wildman–Crippen MR) is 105 cm³/mol. The molecule has 182 valence electrons. The molecule has 14 nitrogen and oxygen atoms in total. The first-order valence-electron chi connectivity index (χ1n) is 8.73. The van der Waals surface area contributed by atoms with E-state index in [-0.39, 0.29) is 23.5 Å². The Balaban J connectivity index is 2.24. The Labute approximate surface area is 188 Å². The molecule has 19 heteroatoms. The van der Waals surface area contributed by atoms with Crippen molar-refractivity contribution in [3.8, 4) is 28.5 Å². The number of carbonyl (C=O) groups is 1. The van der Waals surface area contributed by atoms with Crippen molar-refractivity contribution in [3.05, 3.63) is 24.5 Å². The van der Waals surface area contributed by atoms with Crippen LogP contribution in [0.25, 0.3) is 22.5 Å². The first-order valence-corrected chi connectivity index (χ1v) is 11.9. The number of nitrogens with two attached hydrogens (primary N) is 2. The second-order valence-electron chi connectivity index (χ2n) is 6.34. The molecule has 0 aliphatic rings. The molecule has 0 radical (unpaired) electrons. The zero-order valence-corrected chi connectivity index (χ0v) is 18.1. The molecule has 3 aromatic rings. The molecule has 34 heavy (non-hydrogen) atoms. The van der Waals surface area contributed by atoms with Crippen LogP contribution in [-0.4, -0.2) is 71.9 Å². The van der Waals surface area contributed by atoms with E-state index in [1.807, 2.05) is 0 Å². The molecular formula is C15H13F3N8O6S2. The number of carbonyl (C=O) groups excluding carboxylic acids is 1. The van der Waals surface area contributed by atoms with Crippen molar-refractivity contribution in [2.45, 2.75) is 16.0 Å². The van der Waals surface area contributed by atoms with Crippen molar-refractivity contribution in [2.24, 2.45) is 10.9 Å².